The van der Waals surface area contributed by atoms with Gasteiger partial charge in [-0.2, -0.15) is 0 Å². The molecule has 0 atom stereocenters. The summed E-state index contributed by atoms with van der Waals surface area (Å²) in [5.41, 5.74) is 1.89. The lowest BCUT2D eigenvalue weighted by molar-refractivity contribution is -0.138. The Hall–Kier alpha value is -2.86. The van der Waals surface area contributed by atoms with Crippen LogP contribution in [-0.2, 0) is 9.59 Å². The molecule has 0 aliphatic carbocycles. The van der Waals surface area contributed by atoms with E-state index in [0.717, 1.165) is 5.56 Å². The number of carboxylic acid groups (broad SMARTS) is 1. The minimum Gasteiger partial charge on any atom is -0.481 e. The predicted molar refractivity (Wildman–Crippen MR) is 96.1 cm³/mol. The molecule has 0 spiro atoms. The third-order valence-corrected chi connectivity index (χ3v) is 3.94. The number of hydrogen-bond acceptors (Lipinski definition) is 3. The normalized spacial score (nSPS) is 10.2. The monoisotopic (exact) mass is 360 g/mol. The van der Waals surface area contributed by atoms with Gasteiger partial charge in [-0.15, -0.1) is 0 Å². The van der Waals surface area contributed by atoms with Crippen molar-refractivity contribution >= 4 is 40.8 Å². The quantitative estimate of drug-likeness (QED) is 0.731. The fraction of sp³-hybridized carbons (Fsp3) is 0.167. The van der Waals surface area contributed by atoms with E-state index in [1.54, 1.807) is 49.4 Å². The highest BCUT2D eigenvalue weighted by molar-refractivity contribution is 6.31. The first kappa shape index (κ1) is 18.5. The third-order valence-electron chi connectivity index (χ3n) is 3.53. The molecule has 2 rings (SSSR count). The number of carbonyl (C=O) groups excluding carboxylic acids is 2. The molecule has 2 aromatic rings. The van der Waals surface area contributed by atoms with Gasteiger partial charge in [0.1, 0.15) is 0 Å². The van der Waals surface area contributed by atoms with Crippen LogP contribution in [0.25, 0.3) is 0 Å². The van der Waals surface area contributed by atoms with Crippen molar-refractivity contribution in [3.8, 4) is 0 Å². The zero-order valence-corrected chi connectivity index (χ0v) is 14.3. The van der Waals surface area contributed by atoms with Crippen molar-refractivity contribution in [2.45, 2.75) is 19.8 Å². The summed E-state index contributed by atoms with van der Waals surface area (Å²) in [7, 11) is 0. The molecule has 0 unspecified atom stereocenters. The molecular weight excluding hydrogens is 344 g/mol. The van der Waals surface area contributed by atoms with Gasteiger partial charge in [-0.25, -0.2) is 0 Å². The molecule has 0 bridgehead atoms. The average molecular weight is 361 g/mol. The van der Waals surface area contributed by atoms with Crippen LogP contribution in [0.15, 0.2) is 42.5 Å². The number of rotatable bonds is 6. The van der Waals surface area contributed by atoms with E-state index in [0.29, 0.717) is 16.4 Å². The van der Waals surface area contributed by atoms with E-state index in [1.165, 1.54) is 0 Å². The minimum atomic E-state index is -1.06. The maximum Gasteiger partial charge on any atom is 0.303 e. The third kappa shape index (κ3) is 5.06. The number of benzene rings is 2. The van der Waals surface area contributed by atoms with Crippen LogP contribution < -0.4 is 10.6 Å². The van der Waals surface area contributed by atoms with Crippen LogP contribution in [0.3, 0.4) is 0 Å². The van der Waals surface area contributed by atoms with Gasteiger partial charge in [0.05, 0.1) is 17.7 Å². The zero-order chi connectivity index (χ0) is 18.4. The predicted octanol–water partition coefficient (Wildman–Crippen LogP) is 3.70. The van der Waals surface area contributed by atoms with E-state index in [2.05, 4.69) is 10.6 Å². The summed E-state index contributed by atoms with van der Waals surface area (Å²) in [4.78, 5) is 34.9. The summed E-state index contributed by atoms with van der Waals surface area (Å²) < 4.78 is 0. The van der Waals surface area contributed by atoms with Gasteiger partial charge >= 0.3 is 5.97 Å². The highest BCUT2D eigenvalue weighted by atomic mass is 35.5. The molecule has 2 amide bonds. The first-order valence-corrected chi connectivity index (χ1v) is 7.93. The van der Waals surface area contributed by atoms with E-state index < -0.39 is 17.8 Å². The van der Waals surface area contributed by atoms with Crippen LogP contribution in [-0.4, -0.2) is 22.9 Å². The van der Waals surface area contributed by atoms with Crippen LogP contribution in [0.1, 0.15) is 28.8 Å². The van der Waals surface area contributed by atoms with Gasteiger partial charge < -0.3 is 15.7 Å². The topological polar surface area (TPSA) is 95.5 Å². The van der Waals surface area contributed by atoms with Gasteiger partial charge in [-0.3, -0.25) is 14.4 Å². The summed E-state index contributed by atoms with van der Waals surface area (Å²) in [6, 6.07) is 11.7. The average Bonchev–Trinajstić information content (AvgIpc) is 2.57. The lowest BCUT2D eigenvalue weighted by Gasteiger charge is -2.13. The first-order valence-electron chi connectivity index (χ1n) is 7.55. The van der Waals surface area contributed by atoms with Gasteiger partial charge in [0, 0.05) is 17.1 Å². The minimum absolute atomic E-state index is 0.168. The van der Waals surface area contributed by atoms with Crippen LogP contribution in [0.2, 0.25) is 5.02 Å². The number of amides is 2. The maximum atomic E-state index is 12.5. The van der Waals surface area contributed by atoms with E-state index in [4.69, 9.17) is 16.7 Å². The smallest absolute Gasteiger partial charge is 0.303 e. The molecule has 0 aromatic heterocycles. The molecule has 0 heterocycles. The molecule has 0 saturated heterocycles. The Balaban J connectivity index is 2.16. The second-order valence-electron chi connectivity index (χ2n) is 5.35. The molecule has 0 fully saturated rings. The Morgan fingerprint density at radius 3 is 2.36 bits per heavy atom. The van der Waals surface area contributed by atoms with Crippen LogP contribution >= 0.6 is 11.6 Å². The molecule has 3 N–H and O–H groups in total. The molecule has 0 radical (unpaired) electrons. The number of halogens is 1. The molecule has 7 heteroatoms. The number of hydrogen-bond donors (Lipinski definition) is 3. The fourth-order valence-corrected chi connectivity index (χ4v) is 2.33. The SMILES string of the molecule is Cc1c(Cl)cccc1NC(=O)c1ccccc1NC(=O)CCC(=O)O. The van der Waals surface area contributed by atoms with E-state index in [1.807, 2.05) is 0 Å². The molecule has 0 saturated carbocycles. The van der Waals surface area contributed by atoms with Gasteiger partial charge in [-0.1, -0.05) is 29.8 Å². The van der Waals surface area contributed by atoms with Crippen LogP contribution in [0.5, 0.6) is 0 Å². The summed E-state index contributed by atoms with van der Waals surface area (Å²) in [6.45, 7) is 1.79. The van der Waals surface area contributed by atoms with Crippen molar-refractivity contribution in [3.63, 3.8) is 0 Å². The van der Waals surface area contributed by atoms with Gasteiger partial charge in [0.15, 0.2) is 0 Å². The van der Waals surface area contributed by atoms with Crippen LogP contribution in [0.4, 0.5) is 11.4 Å². The summed E-state index contributed by atoms with van der Waals surface area (Å²) in [5.74, 6) is -1.93. The molecule has 6 nitrogen and oxygen atoms in total. The van der Waals surface area contributed by atoms with Gasteiger partial charge in [-0.05, 0) is 36.8 Å². The largest absolute Gasteiger partial charge is 0.481 e. The second kappa shape index (κ2) is 8.30. The summed E-state index contributed by atoms with van der Waals surface area (Å²) >= 11 is 6.05. The zero-order valence-electron chi connectivity index (χ0n) is 13.5. The second-order valence-corrected chi connectivity index (χ2v) is 5.76. The van der Waals surface area contributed by atoms with Crippen LogP contribution in [0, 0.1) is 6.92 Å². The Kier molecular flexibility index (Phi) is 6.14. The van der Waals surface area contributed by atoms with Gasteiger partial charge in [0.2, 0.25) is 5.91 Å². The summed E-state index contributed by atoms with van der Waals surface area (Å²) in [5, 5.41) is 14.5. The van der Waals surface area contributed by atoms with E-state index in [-0.39, 0.29) is 18.4 Å². The Morgan fingerprint density at radius 1 is 0.960 bits per heavy atom. The highest BCUT2D eigenvalue weighted by Crippen LogP contribution is 2.24. The number of carboxylic acids is 1. The molecule has 0 aliphatic rings. The van der Waals surface area contributed by atoms with Crippen molar-refractivity contribution in [2.24, 2.45) is 0 Å². The van der Waals surface area contributed by atoms with Crippen molar-refractivity contribution in [1.29, 1.82) is 0 Å². The van der Waals surface area contributed by atoms with E-state index in [9.17, 15) is 14.4 Å². The van der Waals surface area contributed by atoms with E-state index >= 15 is 0 Å². The van der Waals surface area contributed by atoms with Crippen molar-refractivity contribution < 1.29 is 19.5 Å². The number of nitrogens with one attached hydrogen (secondary N) is 2. The molecule has 130 valence electrons. The summed E-state index contributed by atoms with van der Waals surface area (Å²) in [6.07, 6.45) is -0.444. The van der Waals surface area contributed by atoms with Crippen molar-refractivity contribution in [2.75, 3.05) is 10.6 Å². The standard InChI is InChI=1S/C18H17ClN2O4/c1-11-13(19)6-4-8-14(11)21-18(25)12-5-2-3-7-15(12)20-16(22)9-10-17(23)24/h2-8H,9-10H2,1H3,(H,20,22)(H,21,25)(H,23,24). The Bertz CT molecular complexity index is 820. The highest BCUT2D eigenvalue weighted by Gasteiger charge is 2.15. The number of para-hydroxylation sites is 1. The number of anilines is 2. The number of carbonyl (C=O) groups is 3. The lowest BCUT2D eigenvalue weighted by atomic mass is 10.1. The molecule has 25 heavy (non-hydrogen) atoms. The lowest BCUT2D eigenvalue weighted by Crippen LogP contribution is -2.19. The fourth-order valence-electron chi connectivity index (χ4n) is 2.16. The first-order chi connectivity index (χ1) is 11.9. The van der Waals surface area contributed by atoms with Crippen molar-refractivity contribution in [3.05, 3.63) is 58.6 Å². The molecular formula is C18H17ClN2O4. The number of aliphatic carboxylic acids is 1. The van der Waals surface area contributed by atoms with Crippen molar-refractivity contribution in [1.82, 2.24) is 0 Å². The molecule has 2 aromatic carbocycles. The Morgan fingerprint density at radius 2 is 1.64 bits per heavy atom. The van der Waals surface area contributed by atoms with Gasteiger partial charge in [0.25, 0.3) is 5.91 Å². The molecule has 0 aliphatic heterocycles. The Labute approximate surface area is 149 Å². The maximum absolute atomic E-state index is 12.5.